The Labute approximate surface area is 120 Å². The van der Waals surface area contributed by atoms with Gasteiger partial charge in [-0.25, -0.2) is 4.98 Å². The highest BCUT2D eigenvalue weighted by Crippen LogP contribution is 2.29. The van der Waals surface area contributed by atoms with Gasteiger partial charge in [0, 0.05) is 11.8 Å². The standard InChI is InChI=1S/C13H11Cl2N3O/c1-7-3-2-4-17-12(7)18-13(19)8-5-9(14)11(16)10(15)6-8/h2-6H,16H2,1H3,(H,17,18,19). The van der Waals surface area contributed by atoms with E-state index in [-0.39, 0.29) is 21.6 Å². The molecule has 0 aliphatic heterocycles. The first-order valence-corrected chi connectivity index (χ1v) is 6.22. The van der Waals surface area contributed by atoms with Crippen molar-refractivity contribution in [1.29, 1.82) is 0 Å². The van der Waals surface area contributed by atoms with Gasteiger partial charge in [-0.2, -0.15) is 0 Å². The van der Waals surface area contributed by atoms with Crippen LogP contribution in [0.1, 0.15) is 15.9 Å². The summed E-state index contributed by atoms with van der Waals surface area (Å²) in [5.41, 5.74) is 7.07. The second-order valence-corrected chi connectivity index (χ2v) is 4.79. The van der Waals surface area contributed by atoms with Crippen LogP contribution < -0.4 is 11.1 Å². The smallest absolute Gasteiger partial charge is 0.256 e. The second-order valence-electron chi connectivity index (χ2n) is 3.98. The zero-order chi connectivity index (χ0) is 14.0. The Hall–Kier alpha value is -1.78. The lowest BCUT2D eigenvalue weighted by molar-refractivity contribution is 0.102. The molecule has 2 rings (SSSR count). The van der Waals surface area contributed by atoms with Crippen molar-refractivity contribution in [3.8, 4) is 0 Å². The molecule has 0 radical (unpaired) electrons. The summed E-state index contributed by atoms with van der Waals surface area (Å²) in [7, 11) is 0. The third-order valence-electron chi connectivity index (χ3n) is 2.58. The molecule has 6 heteroatoms. The number of nitrogens with two attached hydrogens (primary N) is 1. The quantitative estimate of drug-likeness (QED) is 0.833. The topological polar surface area (TPSA) is 68.0 Å². The Morgan fingerprint density at radius 1 is 1.32 bits per heavy atom. The van der Waals surface area contributed by atoms with E-state index in [1.165, 1.54) is 12.1 Å². The first-order chi connectivity index (χ1) is 8.99. The number of nitrogens with zero attached hydrogens (tertiary/aromatic N) is 1. The molecule has 0 aliphatic carbocycles. The number of halogens is 2. The number of nitrogens with one attached hydrogen (secondary N) is 1. The summed E-state index contributed by atoms with van der Waals surface area (Å²) in [6.07, 6.45) is 1.60. The monoisotopic (exact) mass is 295 g/mol. The number of aryl methyl sites for hydroxylation is 1. The third-order valence-corrected chi connectivity index (χ3v) is 3.21. The van der Waals surface area contributed by atoms with Gasteiger partial charge in [0.2, 0.25) is 0 Å². The van der Waals surface area contributed by atoms with Crippen LogP contribution in [0.25, 0.3) is 0 Å². The number of anilines is 2. The fourth-order valence-corrected chi connectivity index (χ4v) is 2.00. The van der Waals surface area contributed by atoms with E-state index in [1.807, 2.05) is 13.0 Å². The maximum absolute atomic E-state index is 12.1. The van der Waals surface area contributed by atoms with Gasteiger partial charge in [0.15, 0.2) is 0 Å². The number of hydrogen-bond acceptors (Lipinski definition) is 3. The van der Waals surface area contributed by atoms with E-state index in [1.54, 1.807) is 12.3 Å². The summed E-state index contributed by atoms with van der Waals surface area (Å²) in [6, 6.07) is 6.58. The van der Waals surface area contributed by atoms with Crippen molar-refractivity contribution in [1.82, 2.24) is 4.98 Å². The van der Waals surface area contributed by atoms with Crippen molar-refractivity contribution < 1.29 is 4.79 Å². The van der Waals surface area contributed by atoms with Crippen molar-refractivity contribution in [2.75, 3.05) is 11.1 Å². The fourth-order valence-electron chi connectivity index (χ4n) is 1.51. The molecule has 1 heterocycles. The number of hydrogen-bond donors (Lipinski definition) is 2. The van der Waals surface area contributed by atoms with Crippen LogP contribution in [-0.4, -0.2) is 10.9 Å². The molecule has 0 unspecified atom stereocenters. The minimum atomic E-state index is -0.342. The molecular weight excluding hydrogens is 285 g/mol. The summed E-state index contributed by atoms with van der Waals surface area (Å²) in [6.45, 7) is 1.85. The zero-order valence-electron chi connectivity index (χ0n) is 10.1. The average Bonchev–Trinajstić information content (AvgIpc) is 2.38. The second kappa shape index (κ2) is 5.47. The van der Waals surface area contributed by atoms with Crippen molar-refractivity contribution in [2.24, 2.45) is 0 Å². The van der Waals surface area contributed by atoms with Crippen molar-refractivity contribution in [3.63, 3.8) is 0 Å². The van der Waals surface area contributed by atoms with E-state index in [4.69, 9.17) is 28.9 Å². The molecule has 19 heavy (non-hydrogen) atoms. The normalized spacial score (nSPS) is 10.3. The lowest BCUT2D eigenvalue weighted by atomic mass is 10.2. The van der Waals surface area contributed by atoms with E-state index in [0.717, 1.165) is 5.56 Å². The minimum absolute atomic E-state index is 0.246. The number of aromatic nitrogens is 1. The molecule has 2 aromatic rings. The van der Waals surface area contributed by atoms with Crippen LogP contribution in [0, 0.1) is 6.92 Å². The van der Waals surface area contributed by atoms with E-state index in [0.29, 0.717) is 11.4 Å². The SMILES string of the molecule is Cc1cccnc1NC(=O)c1cc(Cl)c(N)c(Cl)c1. The van der Waals surface area contributed by atoms with Gasteiger partial charge in [0.25, 0.3) is 5.91 Å². The average molecular weight is 296 g/mol. The van der Waals surface area contributed by atoms with E-state index < -0.39 is 0 Å². The fraction of sp³-hybridized carbons (Fsp3) is 0.0769. The first-order valence-electron chi connectivity index (χ1n) is 5.46. The Bertz CT molecular complexity index is 621. The Morgan fingerprint density at radius 2 is 1.95 bits per heavy atom. The predicted molar refractivity (Wildman–Crippen MR) is 77.8 cm³/mol. The van der Waals surface area contributed by atoms with Gasteiger partial charge in [0.05, 0.1) is 15.7 Å². The lowest BCUT2D eigenvalue weighted by Gasteiger charge is -2.08. The van der Waals surface area contributed by atoms with Crippen LogP contribution in [0.2, 0.25) is 10.0 Å². The summed E-state index contributed by atoms with van der Waals surface area (Å²) in [5, 5.41) is 3.18. The van der Waals surface area contributed by atoms with Crippen LogP contribution in [0.5, 0.6) is 0 Å². The van der Waals surface area contributed by atoms with Gasteiger partial charge in [0.1, 0.15) is 5.82 Å². The molecule has 1 amide bonds. The Morgan fingerprint density at radius 3 is 2.53 bits per heavy atom. The van der Waals surface area contributed by atoms with E-state index in [9.17, 15) is 4.79 Å². The predicted octanol–water partition coefficient (Wildman–Crippen LogP) is 3.53. The van der Waals surface area contributed by atoms with E-state index >= 15 is 0 Å². The molecule has 98 valence electrons. The highest BCUT2D eigenvalue weighted by atomic mass is 35.5. The molecular formula is C13H11Cl2N3O. The lowest BCUT2D eigenvalue weighted by Crippen LogP contribution is -2.14. The maximum Gasteiger partial charge on any atom is 0.256 e. The minimum Gasteiger partial charge on any atom is -0.396 e. The van der Waals surface area contributed by atoms with Crippen molar-refractivity contribution in [2.45, 2.75) is 6.92 Å². The van der Waals surface area contributed by atoms with Crippen LogP contribution >= 0.6 is 23.2 Å². The number of benzene rings is 1. The highest BCUT2D eigenvalue weighted by Gasteiger charge is 2.12. The third kappa shape index (κ3) is 2.97. The van der Waals surface area contributed by atoms with Crippen LogP contribution in [-0.2, 0) is 0 Å². The van der Waals surface area contributed by atoms with Crippen LogP contribution in [0.3, 0.4) is 0 Å². The van der Waals surface area contributed by atoms with E-state index in [2.05, 4.69) is 10.3 Å². The van der Waals surface area contributed by atoms with Crippen molar-refractivity contribution in [3.05, 3.63) is 51.6 Å². The van der Waals surface area contributed by atoms with Gasteiger partial charge in [-0.3, -0.25) is 4.79 Å². The van der Waals surface area contributed by atoms with Gasteiger partial charge in [-0.05, 0) is 30.7 Å². The molecule has 0 bridgehead atoms. The molecule has 1 aromatic heterocycles. The number of rotatable bonds is 2. The van der Waals surface area contributed by atoms with Gasteiger partial charge >= 0.3 is 0 Å². The number of amides is 1. The number of carbonyl (C=O) groups excluding carboxylic acids is 1. The number of nitrogen functional groups attached to an aromatic ring is 1. The summed E-state index contributed by atoms with van der Waals surface area (Å²) >= 11 is 11.8. The van der Waals surface area contributed by atoms with Gasteiger partial charge in [-0.15, -0.1) is 0 Å². The molecule has 1 aromatic carbocycles. The molecule has 0 atom stereocenters. The number of carbonyl (C=O) groups is 1. The molecule has 0 saturated carbocycles. The molecule has 0 spiro atoms. The molecule has 0 fully saturated rings. The Balaban J connectivity index is 2.28. The Kier molecular flexibility index (Phi) is 3.93. The molecule has 3 N–H and O–H groups in total. The molecule has 0 aliphatic rings. The van der Waals surface area contributed by atoms with Gasteiger partial charge in [-0.1, -0.05) is 29.3 Å². The first kappa shape index (κ1) is 13.6. The summed E-state index contributed by atoms with van der Waals surface area (Å²) in [5.74, 6) is 0.155. The molecule has 4 nitrogen and oxygen atoms in total. The van der Waals surface area contributed by atoms with Crippen LogP contribution in [0.15, 0.2) is 30.5 Å². The summed E-state index contributed by atoms with van der Waals surface area (Å²) in [4.78, 5) is 16.2. The maximum atomic E-state index is 12.1. The largest absolute Gasteiger partial charge is 0.396 e. The number of pyridine rings is 1. The summed E-state index contributed by atoms with van der Waals surface area (Å²) < 4.78 is 0. The van der Waals surface area contributed by atoms with Crippen LogP contribution in [0.4, 0.5) is 11.5 Å². The van der Waals surface area contributed by atoms with Gasteiger partial charge < -0.3 is 11.1 Å². The van der Waals surface area contributed by atoms with Crippen molar-refractivity contribution >= 4 is 40.6 Å². The zero-order valence-corrected chi connectivity index (χ0v) is 11.6. The highest BCUT2D eigenvalue weighted by molar-refractivity contribution is 6.39. The molecule has 0 saturated heterocycles.